The van der Waals surface area contributed by atoms with Crippen molar-refractivity contribution in [2.75, 3.05) is 6.54 Å². The summed E-state index contributed by atoms with van der Waals surface area (Å²) in [6.45, 7) is 0.899. The maximum absolute atomic E-state index is 5.22. The predicted molar refractivity (Wildman–Crippen MR) is 368 cm³/mol. The summed E-state index contributed by atoms with van der Waals surface area (Å²) in [5.41, 5.74) is 21.6. The standard InChI is InChI=1S/C82H54N2S2/c1-2-17-49(18-3-1)70-43-57(44-74-69-35-16-33-59(81(69)86-82(70)74)54-22-14-24-56(41-54)78-45-72-62-27-6-4-25-60(62)61-26-5-8-29-64(61)75(72)47-84-78)52-37-38-66-71(42-52)63-28-7-9-30-65(63)76-48-83-77(46-73(66)76)55-23-13-20-51(40-55)50-19-12-21-53(39-50)58-32-15-34-68-67-31-10-11-36-79(67)85-80(58)68/h1-44,46,48,61,64,78,84H,45,47H2. The summed E-state index contributed by atoms with van der Waals surface area (Å²) < 4.78 is 5.28. The van der Waals surface area contributed by atoms with Crippen LogP contribution in [0.2, 0.25) is 0 Å². The van der Waals surface area contributed by atoms with Crippen molar-refractivity contribution in [2.24, 2.45) is 5.92 Å². The number of benzene rings is 12. The van der Waals surface area contributed by atoms with Crippen LogP contribution >= 0.6 is 22.7 Å². The maximum atomic E-state index is 5.22. The highest BCUT2D eigenvalue weighted by molar-refractivity contribution is 7.27. The van der Waals surface area contributed by atoms with Gasteiger partial charge in [-0.15, -0.1) is 22.7 Å². The third-order valence-electron chi connectivity index (χ3n) is 18.9. The molecule has 4 heteroatoms. The Morgan fingerprint density at radius 3 is 1.76 bits per heavy atom. The molecule has 0 spiro atoms. The van der Waals surface area contributed by atoms with Crippen molar-refractivity contribution in [1.29, 1.82) is 0 Å². The molecule has 0 radical (unpaired) electrons. The lowest BCUT2D eigenvalue weighted by Gasteiger charge is -2.40. The molecule has 1 N–H and O–H groups in total. The molecule has 15 aromatic rings. The molecule has 0 amide bonds. The number of hydrogen-bond donors (Lipinski definition) is 1. The highest BCUT2D eigenvalue weighted by Crippen LogP contribution is 2.51. The minimum absolute atomic E-state index is 0.221. The van der Waals surface area contributed by atoms with Crippen molar-refractivity contribution in [3.05, 3.63) is 301 Å². The Bertz CT molecular complexity index is 5420. The molecule has 4 heterocycles. The molecule has 18 rings (SSSR count). The van der Waals surface area contributed by atoms with Crippen molar-refractivity contribution in [3.8, 4) is 66.9 Å². The second kappa shape index (κ2) is 19.9. The second-order valence-electron chi connectivity index (χ2n) is 23.6. The van der Waals surface area contributed by atoms with Gasteiger partial charge in [-0.3, -0.25) is 4.98 Å². The molecule has 0 saturated heterocycles. The van der Waals surface area contributed by atoms with Gasteiger partial charge in [-0.2, -0.15) is 0 Å². The normalized spacial score (nSPS) is 16.4. The van der Waals surface area contributed by atoms with Crippen LogP contribution in [0.1, 0.15) is 35.1 Å². The molecule has 3 unspecified atom stereocenters. The first-order valence-corrected chi connectivity index (χ1v) is 31.7. The van der Waals surface area contributed by atoms with Gasteiger partial charge in [-0.25, -0.2) is 0 Å². The Balaban J connectivity index is 0.719. The van der Waals surface area contributed by atoms with E-state index in [1.54, 1.807) is 5.57 Å². The van der Waals surface area contributed by atoms with E-state index >= 15 is 0 Å². The number of allylic oxidation sites excluding steroid dienone is 4. The van der Waals surface area contributed by atoms with E-state index in [0.29, 0.717) is 11.8 Å². The lowest BCUT2D eigenvalue weighted by atomic mass is 9.67. The first-order chi connectivity index (χ1) is 42.6. The van der Waals surface area contributed by atoms with Crippen molar-refractivity contribution in [2.45, 2.75) is 18.4 Å². The molecule has 1 aliphatic heterocycles. The van der Waals surface area contributed by atoms with Crippen LogP contribution in [0, 0.1) is 5.92 Å². The van der Waals surface area contributed by atoms with Crippen molar-refractivity contribution in [3.63, 3.8) is 0 Å². The number of rotatable bonds is 7. The van der Waals surface area contributed by atoms with Gasteiger partial charge in [-0.1, -0.05) is 224 Å². The fourth-order valence-electron chi connectivity index (χ4n) is 14.8. The Morgan fingerprint density at radius 1 is 0.349 bits per heavy atom. The average molecular weight is 1130 g/mol. The molecule has 12 aromatic carbocycles. The quantitative estimate of drug-likeness (QED) is 0.161. The van der Waals surface area contributed by atoms with Gasteiger partial charge in [0.2, 0.25) is 0 Å². The zero-order valence-corrected chi connectivity index (χ0v) is 48.6. The smallest absolute Gasteiger partial charge is 0.0708 e. The summed E-state index contributed by atoms with van der Waals surface area (Å²) in [4.78, 5) is 5.22. The van der Waals surface area contributed by atoms with E-state index in [1.807, 2.05) is 22.7 Å². The molecule has 2 aliphatic carbocycles. The van der Waals surface area contributed by atoms with Gasteiger partial charge in [0, 0.05) is 87.5 Å². The summed E-state index contributed by atoms with van der Waals surface area (Å²) in [6.07, 6.45) is 12.4. The molecule has 0 fully saturated rings. The molecule has 404 valence electrons. The van der Waals surface area contributed by atoms with Crippen LogP contribution in [-0.2, 0) is 0 Å². The number of nitrogens with zero attached hydrogens (tertiary/aromatic N) is 1. The van der Waals surface area contributed by atoms with Gasteiger partial charge >= 0.3 is 0 Å². The fraction of sp³-hybridized carbons (Fsp3) is 0.0610. The number of fused-ring (bicyclic) bond motifs is 17. The highest BCUT2D eigenvalue weighted by atomic mass is 32.1. The Labute approximate surface area is 507 Å². The minimum atomic E-state index is 0.221. The van der Waals surface area contributed by atoms with E-state index < -0.39 is 0 Å². The number of hydrogen-bond acceptors (Lipinski definition) is 4. The van der Waals surface area contributed by atoms with Crippen LogP contribution in [0.5, 0.6) is 0 Å². The van der Waals surface area contributed by atoms with Gasteiger partial charge < -0.3 is 5.32 Å². The largest absolute Gasteiger partial charge is 0.306 e. The zero-order chi connectivity index (χ0) is 56.4. The van der Waals surface area contributed by atoms with E-state index in [9.17, 15) is 0 Å². The van der Waals surface area contributed by atoms with E-state index in [2.05, 4.69) is 285 Å². The highest BCUT2D eigenvalue weighted by Gasteiger charge is 2.36. The fourth-order valence-corrected chi connectivity index (χ4v) is 17.4. The Kier molecular flexibility index (Phi) is 11.5. The number of thiophene rings is 2. The summed E-state index contributed by atoms with van der Waals surface area (Å²) in [6, 6.07) is 93.3. The van der Waals surface area contributed by atoms with E-state index in [1.165, 1.54) is 145 Å². The zero-order valence-electron chi connectivity index (χ0n) is 47.0. The van der Waals surface area contributed by atoms with Crippen LogP contribution < -0.4 is 5.32 Å². The predicted octanol–water partition coefficient (Wildman–Crippen LogP) is 22.6. The van der Waals surface area contributed by atoms with Crippen LogP contribution in [0.3, 0.4) is 0 Å². The van der Waals surface area contributed by atoms with Crippen LogP contribution in [-0.4, -0.2) is 11.5 Å². The van der Waals surface area contributed by atoms with Gasteiger partial charge in [0.05, 0.1) is 5.69 Å². The van der Waals surface area contributed by atoms with Crippen molar-refractivity contribution < 1.29 is 0 Å². The van der Waals surface area contributed by atoms with Crippen LogP contribution in [0.25, 0.3) is 145 Å². The molecule has 3 atom stereocenters. The minimum Gasteiger partial charge on any atom is -0.306 e. The second-order valence-corrected chi connectivity index (χ2v) is 25.7. The molecular formula is C82H54N2S2. The maximum Gasteiger partial charge on any atom is 0.0708 e. The number of pyridine rings is 1. The van der Waals surface area contributed by atoms with Crippen LogP contribution in [0.4, 0.5) is 0 Å². The molecular weight excluding hydrogens is 1080 g/mol. The topological polar surface area (TPSA) is 24.9 Å². The van der Waals surface area contributed by atoms with Crippen LogP contribution in [0.15, 0.2) is 285 Å². The van der Waals surface area contributed by atoms with E-state index in [4.69, 9.17) is 4.98 Å². The van der Waals surface area contributed by atoms with Gasteiger partial charge in [0.15, 0.2) is 0 Å². The Morgan fingerprint density at radius 2 is 0.919 bits per heavy atom. The summed E-state index contributed by atoms with van der Waals surface area (Å²) in [5, 5.41) is 16.5. The molecule has 0 saturated carbocycles. The van der Waals surface area contributed by atoms with Gasteiger partial charge in [0.25, 0.3) is 0 Å². The first-order valence-electron chi connectivity index (χ1n) is 30.0. The van der Waals surface area contributed by atoms with Gasteiger partial charge in [0.1, 0.15) is 0 Å². The van der Waals surface area contributed by atoms with E-state index in [0.717, 1.165) is 29.6 Å². The summed E-state index contributed by atoms with van der Waals surface area (Å²) in [5.74, 6) is 0.823. The number of nitrogens with one attached hydrogen (secondary N) is 1. The SMILES string of the molecule is C1=CC2C3=C(CC(c4cccc(-c5cccc6c5sc5c(-c7ccccc7)cc(-c7ccc8c(c7)c7ccccc7c7cnc(-c9cccc(-c%10cccc(-c%11cccc%12c%11sc%11ccccc%11%12)c%10)c9)cc87)cc56)c4)NC3)c3ccccc3C2C=C1. The monoisotopic (exact) mass is 1130 g/mol. The van der Waals surface area contributed by atoms with Gasteiger partial charge in [-0.05, 0) is 160 Å². The molecule has 86 heavy (non-hydrogen) atoms. The van der Waals surface area contributed by atoms with E-state index in [-0.39, 0.29) is 6.04 Å². The first kappa shape index (κ1) is 49.6. The third-order valence-corrected chi connectivity index (χ3v) is 21.4. The molecule has 3 aliphatic rings. The average Bonchev–Trinajstić information content (AvgIpc) is 1.47. The summed E-state index contributed by atoms with van der Waals surface area (Å²) in [7, 11) is 0. The molecule has 2 nitrogen and oxygen atoms in total. The lowest BCUT2D eigenvalue weighted by Crippen LogP contribution is -2.35. The van der Waals surface area contributed by atoms with Crippen molar-refractivity contribution >= 4 is 101 Å². The lowest BCUT2D eigenvalue weighted by molar-refractivity contribution is 0.505. The number of aromatic nitrogens is 1. The molecule has 3 aromatic heterocycles. The summed E-state index contributed by atoms with van der Waals surface area (Å²) >= 11 is 3.81. The van der Waals surface area contributed by atoms with Crippen molar-refractivity contribution in [1.82, 2.24) is 10.3 Å². The Hall–Kier alpha value is -9.81. The third kappa shape index (κ3) is 7.98. The molecule has 0 bridgehead atoms.